The first-order valence-corrected chi connectivity index (χ1v) is 11.2. The number of ether oxygens (including phenoxy) is 1. The monoisotopic (exact) mass is 365 g/mol. The first kappa shape index (κ1) is 17.7. The molecule has 136 valence electrons. The molecule has 0 amide bonds. The van der Waals surface area contributed by atoms with Gasteiger partial charge in [0.2, 0.25) is 0 Å². The van der Waals surface area contributed by atoms with E-state index in [0.717, 1.165) is 12.5 Å². The van der Waals surface area contributed by atoms with Crippen molar-refractivity contribution in [3.8, 4) is 0 Å². The van der Waals surface area contributed by atoms with Gasteiger partial charge in [0.1, 0.15) is 6.61 Å². The summed E-state index contributed by atoms with van der Waals surface area (Å²) in [7, 11) is -0.398. The van der Waals surface area contributed by atoms with Gasteiger partial charge in [-0.3, -0.25) is 0 Å². The fraction of sp³-hybridized carbons (Fsp3) is 0.435. The third-order valence-corrected chi connectivity index (χ3v) is 8.65. The Morgan fingerprint density at radius 1 is 0.923 bits per heavy atom. The fourth-order valence-corrected chi connectivity index (χ4v) is 7.33. The molecular formula is C23H28NOP. The highest BCUT2D eigenvalue weighted by Gasteiger charge is 2.40. The van der Waals surface area contributed by atoms with Crippen LogP contribution in [-0.4, -0.2) is 24.2 Å². The normalized spacial score (nSPS) is 25.5. The van der Waals surface area contributed by atoms with Gasteiger partial charge in [0.05, 0.1) is 6.04 Å². The number of hydrogen-bond acceptors (Lipinski definition) is 2. The van der Waals surface area contributed by atoms with Crippen molar-refractivity contribution in [2.45, 2.75) is 44.8 Å². The van der Waals surface area contributed by atoms with Crippen LogP contribution < -0.4 is 10.6 Å². The summed E-state index contributed by atoms with van der Waals surface area (Å²) in [5.74, 6) is 2.08. The Hall–Kier alpha value is -1.66. The predicted octanol–water partition coefficient (Wildman–Crippen LogP) is 4.74. The minimum Gasteiger partial charge on any atom is -0.478 e. The van der Waals surface area contributed by atoms with Gasteiger partial charge in [0.15, 0.2) is 5.90 Å². The first-order valence-electron chi connectivity index (χ1n) is 9.84. The van der Waals surface area contributed by atoms with E-state index in [1.807, 2.05) is 0 Å². The lowest BCUT2D eigenvalue weighted by molar-refractivity contribution is 0.277. The molecule has 2 aromatic carbocycles. The van der Waals surface area contributed by atoms with Crippen molar-refractivity contribution in [3.05, 3.63) is 60.7 Å². The summed E-state index contributed by atoms with van der Waals surface area (Å²) < 4.78 is 6.12. The maximum absolute atomic E-state index is 6.12. The molecule has 3 heteroatoms. The van der Waals surface area contributed by atoms with Gasteiger partial charge in [-0.1, -0.05) is 80.9 Å². The number of aliphatic imine (C=N–C) groups is 1. The van der Waals surface area contributed by atoms with Crippen LogP contribution in [0.4, 0.5) is 0 Å². The van der Waals surface area contributed by atoms with Crippen LogP contribution in [0.3, 0.4) is 0 Å². The Kier molecular flexibility index (Phi) is 5.41. The molecule has 0 N–H and O–H groups in total. The molecule has 0 radical (unpaired) electrons. The smallest absolute Gasteiger partial charge is 0.187 e. The van der Waals surface area contributed by atoms with Crippen molar-refractivity contribution >= 4 is 24.4 Å². The summed E-state index contributed by atoms with van der Waals surface area (Å²) in [6.45, 7) is 5.26. The van der Waals surface area contributed by atoms with Crippen molar-refractivity contribution < 1.29 is 4.74 Å². The van der Waals surface area contributed by atoms with Crippen LogP contribution in [0.15, 0.2) is 65.7 Å². The standard InChI is InChI=1S/C23H28NOP/c1-17(2)21-16-25-23(24-21)20-14-9-15-22(20)26(18-10-5-3-6-11-18)19-12-7-4-8-13-19/h3-8,10-13,17,20-22H,9,14-16H2,1-2H3/t20-,21+,22?/m0/s1. The highest BCUT2D eigenvalue weighted by molar-refractivity contribution is 7.73. The zero-order valence-electron chi connectivity index (χ0n) is 15.7. The molecule has 0 aromatic heterocycles. The Balaban J connectivity index is 1.68. The van der Waals surface area contributed by atoms with Gasteiger partial charge in [-0.05, 0) is 42.9 Å². The molecule has 1 aliphatic heterocycles. The van der Waals surface area contributed by atoms with E-state index in [9.17, 15) is 0 Å². The van der Waals surface area contributed by atoms with E-state index in [1.165, 1.54) is 29.9 Å². The maximum Gasteiger partial charge on any atom is 0.187 e. The second-order valence-corrected chi connectivity index (χ2v) is 10.2. The number of benzene rings is 2. The van der Waals surface area contributed by atoms with Crippen molar-refractivity contribution in [1.82, 2.24) is 0 Å². The molecule has 1 saturated carbocycles. The molecule has 2 aliphatic rings. The molecule has 1 heterocycles. The highest BCUT2D eigenvalue weighted by atomic mass is 31.1. The number of rotatable bonds is 5. The average molecular weight is 365 g/mol. The Morgan fingerprint density at radius 3 is 2.08 bits per heavy atom. The lowest BCUT2D eigenvalue weighted by atomic mass is 10.1. The minimum absolute atomic E-state index is 0.339. The number of nitrogens with zero attached hydrogens (tertiary/aromatic N) is 1. The largest absolute Gasteiger partial charge is 0.478 e. The van der Waals surface area contributed by atoms with Gasteiger partial charge in [-0.25, -0.2) is 4.99 Å². The Labute approximate surface area is 158 Å². The van der Waals surface area contributed by atoms with Crippen molar-refractivity contribution in [3.63, 3.8) is 0 Å². The van der Waals surface area contributed by atoms with E-state index in [-0.39, 0.29) is 0 Å². The summed E-state index contributed by atoms with van der Waals surface area (Å²) in [6.07, 6.45) is 3.77. The second-order valence-electron chi connectivity index (χ2n) is 7.74. The van der Waals surface area contributed by atoms with Crippen LogP contribution in [0, 0.1) is 11.8 Å². The second kappa shape index (κ2) is 7.92. The SMILES string of the molecule is CC(C)[C@H]1COC([C@H]2CCCC2P(c2ccccc2)c2ccccc2)=N1. The lowest BCUT2D eigenvalue weighted by Crippen LogP contribution is -2.29. The maximum atomic E-state index is 6.12. The molecule has 2 aromatic rings. The van der Waals surface area contributed by atoms with Gasteiger partial charge in [0.25, 0.3) is 0 Å². The van der Waals surface area contributed by atoms with Gasteiger partial charge in [-0.2, -0.15) is 0 Å². The lowest BCUT2D eigenvalue weighted by Gasteiger charge is -2.29. The van der Waals surface area contributed by atoms with E-state index >= 15 is 0 Å². The molecule has 3 atom stereocenters. The highest BCUT2D eigenvalue weighted by Crippen LogP contribution is 2.51. The number of hydrogen-bond donors (Lipinski definition) is 0. The molecule has 2 nitrogen and oxygen atoms in total. The summed E-state index contributed by atoms with van der Waals surface area (Å²) in [5.41, 5.74) is 0.625. The van der Waals surface area contributed by atoms with E-state index < -0.39 is 7.92 Å². The van der Waals surface area contributed by atoms with Gasteiger partial charge < -0.3 is 4.74 Å². The Bertz CT molecular complexity index is 704. The molecule has 26 heavy (non-hydrogen) atoms. The molecule has 1 fully saturated rings. The predicted molar refractivity (Wildman–Crippen MR) is 112 cm³/mol. The topological polar surface area (TPSA) is 21.6 Å². The van der Waals surface area contributed by atoms with E-state index in [0.29, 0.717) is 23.5 Å². The minimum atomic E-state index is -0.398. The van der Waals surface area contributed by atoms with Crippen LogP contribution in [0.25, 0.3) is 0 Å². The van der Waals surface area contributed by atoms with Crippen LogP contribution in [-0.2, 0) is 4.74 Å². The average Bonchev–Trinajstić information content (AvgIpc) is 3.33. The van der Waals surface area contributed by atoms with E-state index in [4.69, 9.17) is 9.73 Å². The van der Waals surface area contributed by atoms with Gasteiger partial charge in [0, 0.05) is 5.92 Å². The van der Waals surface area contributed by atoms with Gasteiger partial charge in [-0.15, -0.1) is 0 Å². The van der Waals surface area contributed by atoms with Crippen LogP contribution >= 0.6 is 7.92 Å². The molecule has 0 spiro atoms. The van der Waals surface area contributed by atoms with Gasteiger partial charge >= 0.3 is 0 Å². The van der Waals surface area contributed by atoms with Crippen molar-refractivity contribution in [1.29, 1.82) is 0 Å². The summed E-state index contributed by atoms with van der Waals surface area (Å²) >= 11 is 0. The van der Waals surface area contributed by atoms with E-state index in [2.05, 4.69) is 74.5 Å². The Morgan fingerprint density at radius 2 is 1.54 bits per heavy atom. The summed E-state index contributed by atoms with van der Waals surface area (Å²) in [6, 6.07) is 22.5. The summed E-state index contributed by atoms with van der Waals surface area (Å²) in [5, 5.41) is 2.95. The summed E-state index contributed by atoms with van der Waals surface area (Å²) in [4.78, 5) is 4.99. The van der Waals surface area contributed by atoms with Crippen LogP contribution in [0.1, 0.15) is 33.1 Å². The molecule has 4 rings (SSSR count). The van der Waals surface area contributed by atoms with Crippen LogP contribution in [0.2, 0.25) is 0 Å². The van der Waals surface area contributed by atoms with Crippen molar-refractivity contribution in [2.24, 2.45) is 16.8 Å². The molecular weight excluding hydrogens is 337 g/mol. The quantitative estimate of drug-likeness (QED) is 0.701. The van der Waals surface area contributed by atoms with Crippen molar-refractivity contribution in [2.75, 3.05) is 6.61 Å². The zero-order chi connectivity index (χ0) is 17.9. The molecule has 0 bridgehead atoms. The molecule has 0 saturated heterocycles. The third kappa shape index (κ3) is 3.58. The van der Waals surface area contributed by atoms with E-state index in [1.54, 1.807) is 0 Å². The molecule has 1 aliphatic carbocycles. The third-order valence-electron chi connectivity index (χ3n) is 5.66. The first-order chi connectivity index (χ1) is 12.7. The zero-order valence-corrected chi connectivity index (χ0v) is 16.6. The molecule has 1 unspecified atom stereocenters. The van der Waals surface area contributed by atoms with Crippen LogP contribution in [0.5, 0.6) is 0 Å². The fourth-order valence-electron chi connectivity index (χ4n) is 4.20.